The molecule has 0 aliphatic carbocycles. The van der Waals surface area contributed by atoms with E-state index in [1.165, 1.54) is 11.3 Å². The summed E-state index contributed by atoms with van der Waals surface area (Å²) in [6, 6.07) is 2.96. The van der Waals surface area contributed by atoms with Crippen molar-refractivity contribution in [3.8, 4) is 0 Å². The van der Waals surface area contributed by atoms with E-state index in [1.807, 2.05) is 5.38 Å². The topological polar surface area (TPSA) is 84.2 Å². The van der Waals surface area contributed by atoms with Crippen LogP contribution in [0.25, 0.3) is 0 Å². The summed E-state index contributed by atoms with van der Waals surface area (Å²) < 4.78 is 0. The van der Waals surface area contributed by atoms with Crippen molar-refractivity contribution in [3.63, 3.8) is 0 Å². The van der Waals surface area contributed by atoms with E-state index in [1.54, 1.807) is 12.1 Å². The molecular formula is C8H11N3O2S. The third-order valence-corrected chi connectivity index (χ3v) is 2.32. The molecule has 0 unspecified atom stereocenters. The highest BCUT2D eigenvalue weighted by molar-refractivity contribution is 7.12. The van der Waals surface area contributed by atoms with Gasteiger partial charge in [-0.3, -0.25) is 4.79 Å². The molecule has 4 N–H and O–H groups in total. The summed E-state index contributed by atoms with van der Waals surface area (Å²) in [7, 11) is 0. The van der Waals surface area contributed by atoms with Crippen LogP contribution in [0.4, 0.5) is 4.79 Å². The summed E-state index contributed by atoms with van der Waals surface area (Å²) in [5, 5.41) is 6.85. The van der Waals surface area contributed by atoms with Gasteiger partial charge < -0.3 is 16.4 Å². The average Bonchev–Trinajstić information content (AvgIpc) is 2.64. The molecule has 5 nitrogen and oxygen atoms in total. The zero-order valence-corrected chi connectivity index (χ0v) is 8.26. The van der Waals surface area contributed by atoms with Crippen molar-refractivity contribution >= 4 is 23.3 Å². The Morgan fingerprint density at radius 3 is 2.64 bits per heavy atom. The molecule has 3 amide bonds. The predicted octanol–water partition coefficient (Wildman–Crippen LogP) is 0.146. The smallest absolute Gasteiger partial charge is 0.312 e. The van der Waals surface area contributed by atoms with Gasteiger partial charge in [0.1, 0.15) is 0 Å². The molecule has 1 rings (SSSR count). The summed E-state index contributed by atoms with van der Waals surface area (Å²) >= 11 is 1.37. The number of amides is 3. The fourth-order valence-corrected chi connectivity index (χ4v) is 1.50. The molecule has 0 aromatic carbocycles. The van der Waals surface area contributed by atoms with E-state index in [4.69, 9.17) is 5.73 Å². The first-order valence-electron chi connectivity index (χ1n) is 4.05. The minimum absolute atomic E-state index is 0.133. The first kappa shape index (κ1) is 10.5. The molecular weight excluding hydrogens is 202 g/mol. The number of hydrogen-bond donors (Lipinski definition) is 3. The second-order valence-corrected chi connectivity index (χ2v) is 3.47. The molecule has 0 saturated carbocycles. The van der Waals surface area contributed by atoms with Gasteiger partial charge in [-0.25, -0.2) is 4.79 Å². The van der Waals surface area contributed by atoms with E-state index in [9.17, 15) is 9.59 Å². The number of carbonyl (C=O) groups is 2. The van der Waals surface area contributed by atoms with E-state index < -0.39 is 6.03 Å². The van der Waals surface area contributed by atoms with Crippen molar-refractivity contribution < 1.29 is 9.59 Å². The van der Waals surface area contributed by atoms with Gasteiger partial charge in [0, 0.05) is 13.1 Å². The molecule has 76 valence electrons. The van der Waals surface area contributed by atoms with Crippen molar-refractivity contribution in [2.45, 2.75) is 0 Å². The molecule has 1 heterocycles. The molecule has 0 aliphatic rings. The van der Waals surface area contributed by atoms with Crippen molar-refractivity contribution in [2.75, 3.05) is 13.1 Å². The van der Waals surface area contributed by atoms with E-state index >= 15 is 0 Å². The van der Waals surface area contributed by atoms with Gasteiger partial charge in [-0.05, 0) is 11.4 Å². The van der Waals surface area contributed by atoms with Crippen molar-refractivity contribution in [1.29, 1.82) is 0 Å². The van der Waals surface area contributed by atoms with Crippen molar-refractivity contribution in [2.24, 2.45) is 5.73 Å². The van der Waals surface area contributed by atoms with Crippen LogP contribution in [-0.2, 0) is 0 Å². The summed E-state index contributed by atoms with van der Waals surface area (Å²) in [6.45, 7) is 0.714. The van der Waals surface area contributed by atoms with Gasteiger partial charge in [-0.15, -0.1) is 11.3 Å². The van der Waals surface area contributed by atoms with E-state index in [2.05, 4.69) is 10.6 Å². The van der Waals surface area contributed by atoms with Crippen LogP contribution in [0.2, 0.25) is 0 Å². The van der Waals surface area contributed by atoms with Gasteiger partial charge in [0.2, 0.25) is 0 Å². The molecule has 14 heavy (non-hydrogen) atoms. The quantitative estimate of drug-likeness (QED) is 0.622. The second-order valence-electron chi connectivity index (χ2n) is 2.52. The minimum atomic E-state index is -0.588. The third kappa shape index (κ3) is 3.44. The third-order valence-electron chi connectivity index (χ3n) is 1.45. The van der Waals surface area contributed by atoms with Crippen molar-refractivity contribution in [3.05, 3.63) is 22.4 Å². The molecule has 0 fully saturated rings. The van der Waals surface area contributed by atoms with Gasteiger partial charge in [0.25, 0.3) is 5.91 Å². The summed E-state index contributed by atoms with van der Waals surface area (Å²) in [5.74, 6) is -0.133. The summed E-state index contributed by atoms with van der Waals surface area (Å²) in [5.41, 5.74) is 4.84. The predicted molar refractivity (Wildman–Crippen MR) is 54.2 cm³/mol. The van der Waals surface area contributed by atoms with Crippen LogP contribution in [0.3, 0.4) is 0 Å². The van der Waals surface area contributed by atoms with Gasteiger partial charge in [-0.1, -0.05) is 6.07 Å². The van der Waals surface area contributed by atoms with E-state index in [-0.39, 0.29) is 5.91 Å². The number of nitrogens with one attached hydrogen (secondary N) is 2. The van der Waals surface area contributed by atoms with Crippen LogP contribution in [0, 0.1) is 0 Å². The normalized spacial score (nSPS) is 9.43. The minimum Gasteiger partial charge on any atom is -0.352 e. The molecule has 0 radical (unpaired) electrons. The average molecular weight is 213 g/mol. The van der Waals surface area contributed by atoms with E-state index in [0.717, 1.165) is 0 Å². The lowest BCUT2D eigenvalue weighted by atomic mass is 10.4. The van der Waals surface area contributed by atoms with Crippen LogP contribution in [0.1, 0.15) is 9.67 Å². The SMILES string of the molecule is NC(=O)NCCNC(=O)c1cccs1. The lowest BCUT2D eigenvalue weighted by Crippen LogP contribution is -2.37. The highest BCUT2D eigenvalue weighted by Crippen LogP contribution is 2.07. The van der Waals surface area contributed by atoms with Gasteiger partial charge in [0.15, 0.2) is 0 Å². The lowest BCUT2D eigenvalue weighted by Gasteiger charge is -2.03. The largest absolute Gasteiger partial charge is 0.352 e. The maximum absolute atomic E-state index is 11.3. The Balaban J connectivity index is 2.19. The monoisotopic (exact) mass is 213 g/mol. The van der Waals surface area contributed by atoms with Crippen LogP contribution >= 0.6 is 11.3 Å². The molecule has 0 atom stereocenters. The Morgan fingerprint density at radius 1 is 1.36 bits per heavy atom. The van der Waals surface area contributed by atoms with Crippen LogP contribution in [0.15, 0.2) is 17.5 Å². The first-order chi connectivity index (χ1) is 6.70. The lowest BCUT2D eigenvalue weighted by molar-refractivity contribution is 0.0958. The molecule has 6 heteroatoms. The first-order valence-corrected chi connectivity index (χ1v) is 4.93. The maximum atomic E-state index is 11.3. The number of hydrogen-bond acceptors (Lipinski definition) is 3. The standard InChI is InChI=1S/C8H11N3O2S/c9-8(13)11-4-3-10-7(12)6-2-1-5-14-6/h1-2,5H,3-4H2,(H,10,12)(H3,9,11,13). The highest BCUT2D eigenvalue weighted by Gasteiger charge is 2.04. The Bertz CT molecular complexity index is 310. The van der Waals surface area contributed by atoms with Gasteiger partial charge in [-0.2, -0.15) is 0 Å². The van der Waals surface area contributed by atoms with E-state index in [0.29, 0.717) is 18.0 Å². The number of thiophene rings is 1. The van der Waals surface area contributed by atoms with Crippen molar-refractivity contribution in [1.82, 2.24) is 10.6 Å². The Morgan fingerprint density at radius 2 is 2.07 bits per heavy atom. The molecule has 1 aromatic heterocycles. The molecule has 0 spiro atoms. The van der Waals surface area contributed by atoms with Crippen LogP contribution < -0.4 is 16.4 Å². The number of primary amides is 1. The van der Waals surface area contributed by atoms with Crippen LogP contribution in [-0.4, -0.2) is 25.0 Å². The Labute approximate surface area is 85.3 Å². The number of carbonyl (C=O) groups excluding carboxylic acids is 2. The van der Waals surface area contributed by atoms with Gasteiger partial charge in [0.05, 0.1) is 4.88 Å². The maximum Gasteiger partial charge on any atom is 0.312 e. The second kappa shape index (κ2) is 5.23. The Kier molecular flexibility index (Phi) is 3.93. The Hall–Kier alpha value is -1.56. The molecule has 0 aliphatic heterocycles. The fourth-order valence-electron chi connectivity index (χ4n) is 0.857. The highest BCUT2D eigenvalue weighted by atomic mass is 32.1. The zero-order valence-electron chi connectivity index (χ0n) is 7.45. The zero-order chi connectivity index (χ0) is 10.4. The number of nitrogens with two attached hydrogens (primary N) is 1. The van der Waals surface area contributed by atoms with Crippen LogP contribution in [0.5, 0.6) is 0 Å². The number of urea groups is 1. The summed E-state index contributed by atoms with van der Waals surface area (Å²) in [6.07, 6.45) is 0. The van der Waals surface area contributed by atoms with Gasteiger partial charge >= 0.3 is 6.03 Å². The molecule has 0 bridgehead atoms. The summed E-state index contributed by atoms with van der Waals surface area (Å²) in [4.78, 5) is 22.2. The number of rotatable bonds is 4. The molecule has 1 aromatic rings. The molecule has 0 saturated heterocycles. The fraction of sp³-hybridized carbons (Fsp3) is 0.250.